The summed E-state index contributed by atoms with van der Waals surface area (Å²) >= 11 is 0. The minimum atomic E-state index is -0.740. The smallest absolute Gasteiger partial charge is 0.326 e. The van der Waals surface area contributed by atoms with Crippen molar-refractivity contribution in [1.29, 1.82) is 0 Å². The number of para-hydroxylation sites is 1. The van der Waals surface area contributed by atoms with Gasteiger partial charge in [-0.1, -0.05) is 48.5 Å². The summed E-state index contributed by atoms with van der Waals surface area (Å²) < 4.78 is 5.56. The molecule has 3 aliphatic rings. The highest BCUT2D eigenvalue weighted by atomic mass is 16.6. The molecule has 3 heterocycles. The third-order valence-corrected chi connectivity index (χ3v) is 8.46. The van der Waals surface area contributed by atoms with E-state index in [1.165, 1.54) is 0 Å². The molecule has 3 aliphatic heterocycles. The van der Waals surface area contributed by atoms with Gasteiger partial charge in [-0.05, 0) is 76.5 Å². The molecule has 0 aliphatic carbocycles. The van der Waals surface area contributed by atoms with Crippen LogP contribution in [0.1, 0.15) is 70.0 Å². The average molecular weight is 590 g/mol. The second kappa shape index (κ2) is 13.1. The molecular formula is C33H43N5O5. The zero-order valence-corrected chi connectivity index (χ0v) is 25.4. The van der Waals surface area contributed by atoms with Crippen LogP contribution in [-0.4, -0.2) is 82.5 Å². The third kappa shape index (κ3) is 7.47. The van der Waals surface area contributed by atoms with Crippen LogP contribution < -0.4 is 10.6 Å². The number of rotatable bonds is 5. The molecule has 230 valence electrons. The number of amides is 5. The zero-order valence-electron chi connectivity index (χ0n) is 25.4. The number of urea groups is 2. The number of ether oxygens (including phenoxy) is 1. The molecular weight excluding hydrogens is 546 g/mol. The molecule has 2 N–H and O–H groups in total. The Bertz CT molecular complexity index is 1320. The lowest BCUT2D eigenvalue weighted by atomic mass is 10.0. The summed E-state index contributed by atoms with van der Waals surface area (Å²) in [5, 5.41) is 6.01. The number of benzene rings is 2. The summed E-state index contributed by atoms with van der Waals surface area (Å²) in [7, 11) is 0. The summed E-state index contributed by atoms with van der Waals surface area (Å²) in [5.41, 5.74) is 2.26. The summed E-state index contributed by atoms with van der Waals surface area (Å²) in [6.07, 6.45) is 3.99. The van der Waals surface area contributed by atoms with Gasteiger partial charge in [0.1, 0.15) is 18.2 Å². The van der Waals surface area contributed by atoms with E-state index in [0.717, 1.165) is 29.7 Å². The number of carbonyl (C=O) groups is 4. The van der Waals surface area contributed by atoms with Crippen LogP contribution in [0, 0.1) is 0 Å². The Labute approximate surface area is 253 Å². The molecule has 10 heteroatoms. The number of likely N-dealkylation sites (tertiary alicyclic amines) is 2. The topological polar surface area (TPSA) is 111 Å². The number of hydrogen-bond acceptors (Lipinski definition) is 5. The van der Waals surface area contributed by atoms with Crippen molar-refractivity contribution in [2.75, 3.05) is 31.5 Å². The first-order chi connectivity index (χ1) is 20.6. The number of nitrogens with zero attached hydrogens (tertiary/aromatic N) is 3. The van der Waals surface area contributed by atoms with Crippen LogP contribution in [0.15, 0.2) is 54.6 Å². The van der Waals surface area contributed by atoms with E-state index in [2.05, 4.69) is 10.6 Å². The van der Waals surface area contributed by atoms with Gasteiger partial charge in [-0.2, -0.15) is 0 Å². The maximum Gasteiger partial charge on any atom is 0.326 e. The lowest BCUT2D eigenvalue weighted by Gasteiger charge is -2.38. The van der Waals surface area contributed by atoms with Crippen LogP contribution in [0.3, 0.4) is 0 Å². The van der Waals surface area contributed by atoms with Crippen molar-refractivity contribution in [3.8, 4) is 0 Å². The van der Waals surface area contributed by atoms with Crippen LogP contribution in [0.2, 0.25) is 0 Å². The van der Waals surface area contributed by atoms with Crippen molar-refractivity contribution in [3.05, 3.63) is 65.7 Å². The molecule has 2 aromatic carbocycles. The van der Waals surface area contributed by atoms with E-state index in [0.29, 0.717) is 45.3 Å². The van der Waals surface area contributed by atoms with Gasteiger partial charge in [-0.3, -0.25) is 9.59 Å². The Morgan fingerprint density at radius 1 is 0.930 bits per heavy atom. The quantitative estimate of drug-likeness (QED) is 0.491. The lowest BCUT2D eigenvalue weighted by Crippen LogP contribution is -2.55. The fourth-order valence-electron chi connectivity index (χ4n) is 6.36. The summed E-state index contributed by atoms with van der Waals surface area (Å²) in [5.74, 6) is -0.752. The first-order valence-corrected chi connectivity index (χ1v) is 15.4. The van der Waals surface area contributed by atoms with Gasteiger partial charge in [0.05, 0.1) is 6.04 Å². The number of fused-ring (bicyclic) bond motifs is 1. The highest BCUT2D eigenvalue weighted by Crippen LogP contribution is 2.31. The number of anilines is 1. The van der Waals surface area contributed by atoms with E-state index in [1.807, 2.05) is 59.5 Å². The molecule has 0 spiro atoms. The maximum absolute atomic E-state index is 13.9. The van der Waals surface area contributed by atoms with Gasteiger partial charge in [0.2, 0.25) is 5.91 Å². The molecule has 0 saturated carbocycles. The largest absolute Gasteiger partial charge is 0.459 e. The Balaban J connectivity index is 1.21. The predicted octanol–water partition coefficient (Wildman–Crippen LogP) is 4.71. The zero-order chi connectivity index (χ0) is 30.6. The van der Waals surface area contributed by atoms with Crippen molar-refractivity contribution >= 4 is 29.6 Å². The molecule has 0 bridgehead atoms. The fourth-order valence-corrected chi connectivity index (χ4v) is 6.36. The van der Waals surface area contributed by atoms with Crippen molar-refractivity contribution in [2.24, 2.45) is 0 Å². The first-order valence-electron chi connectivity index (χ1n) is 15.4. The normalized spacial score (nSPS) is 21.8. The van der Waals surface area contributed by atoms with Crippen LogP contribution in [-0.2, 0) is 20.7 Å². The molecule has 0 unspecified atom stereocenters. The SMILES string of the molecule is CC(C)(C)OC(=O)CN1C(=O)[C@H](NC(=O)N2CCC(N3CCc4ccccc4NC3=O)CC2)CCC[C@@H]1c1ccccc1. The van der Waals surface area contributed by atoms with Gasteiger partial charge in [-0.15, -0.1) is 0 Å². The molecule has 2 atom stereocenters. The second-order valence-electron chi connectivity index (χ2n) is 12.7. The van der Waals surface area contributed by atoms with Crippen LogP contribution in [0.5, 0.6) is 0 Å². The summed E-state index contributed by atoms with van der Waals surface area (Å²) in [6, 6.07) is 16.2. The monoisotopic (exact) mass is 589 g/mol. The van der Waals surface area contributed by atoms with Gasteiger partial charge in [0.25, 0.3) is 0 Å². The molecule has 0 radical (unpaired) electrons. The van der Waals surface area contributed by atoms with Crippen molar-refractivity contribution in [1.82, 2.24) is 20.0 Å². The van der Waals surface area contributed by atoms with Crippen LogP contribution >= 0.6 is 0 Å². The average Bonchev–Trinajstić information content (AvgIpc) is 3.24. The predicted molar refractivity (Wildman–Crippen MR) is 163 cm³/mol. The molecule has 43 heavy (non-hydrogen) atoms. The Morgan fingerprint density at radius 2 is 1.63 bits per heavy atom. The lowest BCUT2D eigenvalue weighted by molar-refractivity contribution is -0.160. The Kier molecular flexibility index (Phi) is 9.22. The summed E-state index contributed by atoms with van der Waals surface area (Å²) in [6.45, 7) is 6.82. The standard InChI is InChI=1S/C33H43N5O5/c1-33(2,3)43-29(39)22-38-28(24-11-5-4-6-12-24)15-9-14-27(30(38)40)35-31(41)36-19-17-25(18-20-36)37-21-16-23-10-7-8-13-26(23)34-32(37)42/h4-8,10-13,25,27-28H,9,14-22H2,1-3H3,(H,34,42)(H,35,41)/t27-,28-/m1/s1. The third-order valence-electron chi connectivity index (χ3n) is 8.46. The number of hydrogen-bond donors (Lipinski definition) is 2. The maximum atomic E-state index is 13.9. The highest BCUT2D eigenvalue weighted by molar-refractivity contribution is 5.91. The van der Waals surface area contributed by atoms with Gasteiger partial charge < -0.3 is 30.1 Å². The van der Waals surface area contributed by atoms with E-state index < -0.39 is 17.6 Å². The van der Waals surface area contributed by atoms with Crippen molar-refractivity contribution in [3.63, 3.8) is 0 Å². The van der Waals surface area contributed by atoms with Gasteiger partial charge in [0.15, 0.2) is 0 Å². The van der Waals surface area contributed by atoms with E-state index in [9.17, 15) is 19.2 Å². The van der Waals surface area contributed by atoms with E-state index in [4.69, 9.17) is 4.74 Å². The van der Waals surface area contributed by atoms with Gasteiger partial charge >= 0.3 is 18.0 Å². The number of nitrogens with one attached hydrogen (secondary N) is 2. The van der Waals surface area contributed by atoms with Gasteiger partial charge in [0, 0.05) is 31.4 Å². The minimum Gasteiger partial charge on any atom is -0.459 e. The van der Waals surface area contributed by atoms with Crippen molar-refractivity contribution < 1.29 is 23.9 Å². The van der Waals surface area contributed by atoms with Crippen LogP contribution in [0.25, 0.3) is 0 Å². The second-order valence-corrected chi connectivity index (χ2v) is 12.7. The number of piperidine rings is 1. The van der Waals surface area contributed by atoms with E-state index in [-0.39, 0.29) is 36.6 Å². The molecule has 5 amide bonds. The van der Waals surface area contributed by atoms with E-state index >= 15 is 0 Å². The Hall–Kier alpha value is -4.08. The number of esters is 1. The van der Waals surface area contributed by atoms with E-state index in [1.54, 1.807) is 30.6 Å². The molecule has 2 saturated heterocycles. The van der Waals surface area contributed by atoms with Gasteiger partial charge in [-0.25, -0.2) is 9.59 Å². The molecule has 5 rings (SSSR count). The molecule has 0 aromatic heterocycles. The minimum absolute atomic E-state index is 0.0359. The molecule has 2 fully saturated rings. The summed E-state index contributed by atoms with van der Waals surface area (Å²) in [4.78, 5) is 58.3. The van der Waals surface area contributed by atoms with Crippen molar-refractivity contribution in [2.45, 2.75) is 83.0 Å². The Morgan fingerprint density at radius 3 is 2.35 bits per heavy atom. The first kappa shape index (κ1) is 30.4. The molecule has 10 nitrogen and oxygen atoms in total. The fraction of sp³-hybridized carbons (Fsp3) is 0.515. The van der Waals surface area contributed by atoms with Crippen LogP contribution in [0.4, 0.5) is 15.3 Å². The number of carbonyl (C=O) groups excluding carboxylic acids is 4. The molecule has 2 aromatic rings. The highest BCUT2D eigenvalue weighted by Gasteiger charge is 2.38.